The van der Waals surface area contributed by atoms with Crippen molar-refractivity contribution in [2.45, 2.75) is 32.7 Å². The maximum atomic E-state index is 13.3. The van der Waals surface area contributed by atoms with Crippen molar-refractivity contribution in [3.05, 3.63) is 63.4 Å². The monoisotopic (exact) mass is 432 g/mol. The Hall–Kier alpha value is -3.35. The number of nitrogens with one attached hydrogen (secondary N) is 1. The van der Waals surface area contributed by atoms with Crippen LogP contribution in [0.5, 0.6) is 0 Å². The van der Waals surface area contributed by atoms with E-state index >= 15 is 0 Å². The number of rotatable bonds is 6. The number of piperidine rings is 1. The minimum absolute atomic E-state index is 0.0414. The first-order valence-corrected chi connectivity index (χ1v) is 11.2. The molecule has 2 N–H and O–H groups in total. The number of aromatic nitrogens is 2. The Bertz CT molecular complexity index is 1270. The largest absolute Gasteiger partial charge is 0.478 e. The fourth-order valence-corrected chi connectivity index (χ4v) is 4.94. The van der Waals surface area contributed by atoms with Gasteiger partial charge in [-0.1, -0.05) is 25.1 Å². The Kier molecular flexibility index (Phi) is 4.92. The Morgan fingerprint density at radius 3 is 2.66 bits per heavy atom. The van der Waals surface area contributed by atoms with Crippen molar-refractivity contribution < 1.29 is 9.90 Å². The van der Waals surface area contributed by atoms with Gasteiger partial charge in [0.05, 0.1) is 22.5 Å². The Labute approximate surface area is 186 Å². The molecule has 1 saturated heterocycles. The van der Waals surface area contributed by atoms with Crippen LogP contribution < -0.4 is 15.8 Å². The molecule has 5 rings (SSSR count). The summed E-state index contributed by atoms with van der Waals surface area (Å²) in [5.74, 6) is 1.21. The molecule has 2 aliphatic rings. The molecule has 166 valence electrons. The lowest BCUT2D eigenvalue weighted by atomic mass is 9.99. The minimum Gasteiger partial charge on any atom is -0.478 e. The Balaban J connectivity index is 1.62. The molecule has 0 bridgehead atoms. The smallest absolute Gasteiger partial charge is 0.337 e. The van der Waals surface area contributed by atoms with E-state index in [1.807, 2.05) is 19.1 Å². The summed E-state index contributed by atoms with van der Waals surface area (Å²) in [6, 6.07) is 10.7. The SMILES string of the molecule is CCc1cc(C(C)Nc2ccccc2C(=O)O)c2nc(N3CC4CC4C3)n(C)c(=O)c2c1. The zero-order valence-electron chi connectivity index (χ0n) is 18.6. The molecule has 3 atom stereocenters. The maximum Gasteiger partial charge on any atom is 0.337 e. The number of carboxylic acid groups (broad SMARTS) is 1. The standard InChI is InChI=1S/C25H28N4O3/c1-4-15-9-19(14(2)26-21-8-6-5-7-18(21)24(31)32)22-20(10-15)23(30)28(3)25(27-22)29-12-16-11-17(16)13-29/h5-10,14,16-17,26H,4,11-13H2,1-3H3,(H,31,32). The van der Waals surface area contributed by atoms with Crippen LogP contribution >= 0.6 is 0 Å². The molecule has 32 heavy (non-hydrogen) atoms. The number of fused-ring (bicyclic) bond motifs is 2. The van der Waals surface area contributed by atoms with Crippen LogP contribution in [0, 0.1) is 11.8 Å². The average Bonchev–Trinajstić information content (AvgIpc) is 3.40. The van der Waals surface area contributed by atoms with Crippen LogP contribution in [0.4, 0.5) is 11.6 Å². The molecular formula is C25H28N4O3. The van der Waals surface area contributed by atoms with Gasteiger partial charge in [-0.25, -0.2) is 9.78 Å². The summed E-state index contributed by atoms with van der Waals surface area (Å²) in [5, 5.41) is 13.5. The van der Waals surface area contributed by atoms with Crippen molar-refractivity contribution in [1.29, 1.82) is 0 Å². The third-order valence-electron chi connectivity index (χ3n) is 6.91. The summed E-state index contributed by atoms with van der Waals surface area (Å²) in [4.78, 5) is 32.2. The number of hydrogen-bond acceptors (Lipinski definition) is 5. The first-order valence-electron chi connectivity index (χ1n) is 11.2. The summed E-state index contributed by atoms with van der Waals surface area (Å²) >= 11 is 0. The number of nitrogens with zero attached hydrogens (tertiary/aromatic N) is 3. The number of aryl methyl sites for hydroxylation is 1. The number of carbonyl (C=O) groups is 1. The minimum atomic E-state index is -0.977. The molecule has 1 aromatic heterocycles. The fraction of sp³-hybridized carbons (Fsp3) is 0.400. The van der Waals surface area contributed by atoms with Crippen LogP contribution in [-0.2, 0) is 13.5 Å². The van der Waals surface area contributed by atoms with E-state index in [9.17, 15) is 14.7 Å². The van der Waals surface area contributed by atoms with Crippen molar-refractivity contribution in [3.8, 4) is 0 Å². The lowest BCUT2D eigenvalue weighted by Gasteiger charge is -2.24. The fourth-order valence-electron chi connectivity index (χ4n) is 4.94. The molecule has 7 heteroatoms. The van der Waals surface area contributed by atoms with Gasteiger partial charge in [-0.15, -0.1) is 0 Å². The van der Waals surface area contributed by atoms with E-state index in [2.05, 4.69) is 23.2 Å². The van der Waals surface area contributed by atoms with Gasteiger partial charge in [-0.2, -0.15) is 0 Å². The molecule has 2 heterocycles. The summed E-state index contributed by atoms with van der Waals surface area (Å²) in [5.41, 5.74) is 3.38. The number of carboxylic acids is 1. The van der Waals surface area contributed by atoms with Crippen molar-refractivity contribution in [2.24, 2.45) is 18.9 Å². The molecule has 1 saturated carbocycles. The number of para-hydroxylation sites is 1. The molecule has 7 nitrogen and oxygen atoms in total. The second-order valence-corrected chi connectivity index (χ2v) is 9.09. The van der Waals surface area contributed by atoms with Gasteiger partial charge < -0.3 is 15.3 Å². The number of benzene rings is 2. The third kappa shape index (κ3) is 3.42. The van der Waals surface area contributed by atoms with E-state index in [0.717, 1.165) is 48.4 Å². The van der Waals surface area contributed by atoms with Gasteiger partial charge in [0.15, 0.2) is 0 Å². The van der Waals surface area contributed by atoms with Gasteiger partial charge in [0.1, 0.15) is 0 Å². The summed E-state index contributed by atoms with van der Waals surface area (Å²) < 4.78 is 1.67. The normalized spacial score (nSPS) is 20.3. The topological polar surface area (TPSA) is 87.5 Å². The summed E-state index contributed by atoms with van der Waals surface area (Å²) in [6.07, 6.45) is 2.08. The molecule has 2 fully saturated rings. The van der Waals surface area contributed by atoms with E-state index in [1.165, 1.54) is 6.42 Å². The van der Waals surface area contributed by atoms with Crippen molar-refractivity contribution >= 4 is 28.5 Å². The summed E-state index contributed by atoms with van der Waals surface area (Å²) in [7, 11) is 1.80. The van der Waals surface area contributed by atoms with E-state index in [0.29, 0.717) is 16.6 Å². The lowest BCUT2D eigenvalue weighted by Crippen LogP contribution is -2.31. The number of anilines is 2. The summed E-state index contributed by atoms with van der Waals surface area (Å²) in [6.45, 7) is 5.96. The zero-order valence-corrected chi connectivity index (χ0v) is 18.6. The predicted octanol–water partition coefficient (Wildman–Crippen LogP) is 3.82. The average molecular weight is 433 g/mol. The first kappa shape index (κ1) is 20.5. The molecule has 2 aromatic carbocycles. The Morgan fingerprint density at radius 1 is 1.25 bits per heavy atom. The maximum absolute atomic E-state index is 13.3. The molecule has 0 radical (unpaired) electrons. The van der Waals surface area contributed by atoms with Gasteiger partial charge in [0.25, 0.3) is 5.56 Å². The molecule has 1 aliphatic heterocycles. The van der Waals surface area contributed by atoms with E-state index in [4.69, 9.17) is 4.98 Å². The zero-order chi connectivity index (χ0) is 22.6. The highest BCUT2D eigenvalue weighted by Gasteiger charge is 2.46. The second-order valence-electron chi connectivity index (χ2n) is 9.09. The molecule has 0 spiro atoms. The quantitative estimate of drug-likeness (QED) is 0.616. The highest BCUT2D eigenvalue weighted by atomic mass is 16.4. The van der Waals surface area contributed by atoms with Crippen LogP contribution in [-0.4, -0.2) is 33.7 Å². The van der Waals surface area contributed by atoms with Gasteiger partial charge in [-0.05, 0) is 55.4 Å². The number of hydrogen-bond donors (Lipinski definition) is 2. The molecule has 3 unspecified atom stereocenters. The van der Waals surface area contributed by atoms with Gasteiger partial charge in [0, 0.05) is 31.4 Å². The second kappa shape index (κ2) is 7.65. The van der Waals surface area contributed by atoms with E-state index in [-0.39, 0.29) is 17.2 Å². The highest BCUT2D eigenvalue weighted by molar-refractivity contribution is 5.94. The lowest BCUT2D eigenvalue weighted by molar-refractivity contribution is 0.0698. The first-order chi connectivity index (χ1) is 15.4. The van der Waals surface area contributed by atoms with E-state index < -0.39 is 5.97 Å². The van der Waals surface area contributed by atoms with Crippen molar-refractivity contribution in [3.63, 3.8) is 0 Å². The molecular weight excluding hydrogens is 404 g/mol. The predicted molar refractivity (Wildman–Crippen MR) is 126 cm³/mol. The van der Waals surface area contributed by atoms with Gasteiger partial charge in [0.2, 0.25) is 5.95 Å². The Morgan fingerprint density at radius 2 is 1.97 bits per heavy atom. The number of aromatic carboxylic acids is 1. The van der Waals surface area contributed by atoms with Crippen LogP contribution in [0.15, 0.2) is 41.2 Å². The molecule has 1 aliphatic carbocycles. The molecule has 3 aromatic rings. The van der Waals surface area contributed by atoms with Crippen LogP contribution in [0.25, 0.3) is 10.9 Å². The highest BCUT2D eigenvalue weighted by Crippen LogP contribution is 2.46. The van der Waals surface area contributed by atoms with Gasteiger partial charge in [-0.3, -0.25) is 9.36 Å². The molecule has 0 amide bonds. The van der Waals surface area contributed by atoms with Crippen LogP contribution in [0.3, 0.4) is 0 Å². The van der Waals surface area contributed by atoms with Crippen molar-refractivity contribution in [2.75, 3.05) is 23.3 Å². The van der Waals surface area contributed by atoms with Crippen molar-refractivity contribution in [1.82, 2.24) is 9.55 Å². The third-order valence-corrected chi connectivity index (χ3v) is 6.91. The van der Waals surface area contributed by atoms with Crippen LogP contribution in [0.2, 0.25) is 0 Å². The van der Waals surface area contributed by atoms with Gasteiger partial charge >= 0.3 is 5.97 Å². The van der Waals surface area contributed by atoms with E-state index in [1.54, 1.807) is 29.8 Å². The van der Waals surface area contributed by atoms with Crippen LogP contribution in [0.1, 0.15) is 47.8 Å².